The third-order valence-corrected chi connectivity index (χ3v) is 5.23. The van der Waals surface area contributed by atoms with Gasteiger partial charge in [-0.2, -0.15) is 0 Å². The maximum atomic E-state index is 5.51. The van der Waals surface area contributed by atoms with E-state index in [-0.39, 0.29) is 0 Å². The lowest BCUT2D eigenvalue weighted by atomic mass is 10.1. The van der Waals surface area contributed by atoms with Crippen molar-refractivity contribution in [1.82, 2.24) is 9.88 Å². The fourth-order valence-electron chi connectivity index (χ4n) is 3.77. The number of hydrogen-bond acceptors (Lipinski definition) is 4. The summed E-state index contributed by atoms with van der Waals surface area (Å²) >= 11 is 0. The Morgan fingerprint density at radius 1 is 0.923 bits per heavy atom. The molecule has 0 atom stereocenters. The van der Waals surface area contributed by atoms with Gasteiger partial charge in [0.1, 0.15) is 5.75 Å². The van der Waals surface area contributed by atoms with Crippen LogP contribution in [0.1, 0.15) is 5.56 Å². The van der Waals surface area contributed by atoms with E-state index < -0.39 is 0 Å². The van der Waals surface area contributed by atoms with Crippen molar-refractivity contribution in [2.24, 2.45) is 0 Å². The molecule has 0 bridgehead atoms. The van der Waals surface area contributed by atoms with Gasteiger partial charge in [-0.25, -0.2) is 0 Å². The molecule has 2 heterocycles. The number of hydrogen-bond donors (Lipinski definition) is 0. The van der Waals surface area contributed by atoms with Crippen LogP contribution in [0, 0.1) is 0 Å². The average Bonchev–Trinajstić information content (AvgIpc) is 2.72. The van der Waals surface area contributed by atoms with E-state index in [0.717, 1.165) is 50.4 Å². The Morgan fingerprint density at radius 2 is 1.77 bits per heavy atom. The zero-order valence-corrected chi connectivity index (χ0v) is 15.3. The Hall–Kier alpha value is -2.59. The largest absolute Gasteiger partial charge is 0.495 e. The predicted octanol–water partition coefficient (Wildman–Crippen LogP) is 3.61. The molecule has 0 N–H and O–H groups in total. The number of fused-ring (bicyclic) bond motifs is 1. The minimum atomic E-state index is 0.962. The van der Waals surface area contributed by atoms with Gasteiger partial charge in [-0.05, 0) is 36.2 Å². The van der Waals surface area contributed by atoms with Gasteiger partial charge in [-0.1, -0.05) is 30.3 Å². The van der Waals surface area contributed by atoms with Crippen LogP contribution in [-0.4, -0.2) is 49.7 Å². The molecule has 2 aromatic carbocycles. The summed E-state index contributed by atoms with van der Waals surface area (Å²) in [7, 11) is 1.74. The molecule has 1 saturated heterocycles. The number of para-hydroxylation sites is 2. The molecule has 4 heteroatoms. The standard InChI is InChI=1S/C22H25N3O/c1-26-22-10-3-2-9-21(22)25-16-14-24(15-17-25)13-11-18-6-4-8-20-19(18)7-5-12-23-20/h2-10,12H,11,13-17H2,1H3. The second-order valence-electron chi connectivity index (χ2n) is 6.74. The van der Waals surface area contributed by atoms with Crippen molar-refractivity contribution in [1.29, 1.82) is 0 Å². The molecule has 1 fully saturated rings. The SMILES string of the molecule is COc1ccccc1N1CCN(CCc2cccc3ncccc23)CC1. The van der Waals surface area contributed by atoms with E-state index in [9.17, 15) is 0 Å². The topological polar surface area (TPSA) is 28.6 Å². The lowest BCUT2D eigenvalue weighted by molar-refractivity contribution is 0.260. The van der Waals surface area contributed by atoms with E-state index in [2.05, 4.69) is 51.2 Å². The fourth-order valence-corrected chi connectivity index (χ4v) is 3.77. The van der Waals surface area contributed by atoms with E-state index in [1.807, 2.05) is 24.4 Å². The highest BCUT2D eigenvalue weighted by atomic mass is 16.5. The summed E-state index contributed by atoms with van der Waals surface area (Å²) in [6.07, 6.45) is 2.93. The van der Waals surface area contributed by atoms with Gasteiger partial charge in [0, 0.05) is 44.3 Å². The van der Waals surface area contributed by atoms with Crippen molar-refractivity contribution in [2.45, 2.75) is 6.42 Å². The van der Waals surface area contributed by atoms with Gasteiger partial charge in [0.05, 0.1) is 18.3 Å². The van der Waals surface area contributed by atoms with E-state index >= 15 is 0 Å². The Labute approximate surface area is 155 Å². The molecule has 0 spiro atoms. The van der Waals surface area contributed by atoms with Crippen LogP contribution in [0.15, 0.2) is 60.8 Å². The first-order valence-electron chi connectivity index (χ1n) is 9.28. The average molecular weight is 347 g/mol. The summed E-state index contributed by atoms with van der Waals surface area (Å²) in [5.74, 6) is 0.962. The second kappa shape index (κ2) is 7.75. The lowest BCUT2D eigenvalue weighted by Gasteiger charge is -2.36. The quantitative estimate of drug-likeness (QED) is 0.705. The number of benzene rings is 2. The summed E-state index contributed by atoms with van der Waals surface area (Å²) < 4.78 is 5.51. The number of piperazine rings is 1. The van der Waals surface area contributed by atoms with Crippen molar-refractivity contribution >= 4 is 16.6 Å². The Kier molecular flexibility index (Phi) is 5.02. The van der Waals surface area contributed by atoms with Gasteiger partial charge in [0.15, 0.2) is 0 Å². The molecule has 0 unspecified atom stereocenters. The molecule has 0 amide bonds. The normalized spacial score (nSPS) is 15.3. The van der Waals surface area contributed by atoms with Crippen molar-refractivity contribution in [3.63, 3.8) is 0 Å². The number of nitrogens with zero attached hydrogens (tertiary/aromatic N) is 3. The number of ether oxygens (including phenoxy) is 1. The minimum absolute atomic E-state index is 0.962. The molecule has 1 aromatic heterocycles. The molecule has 4 nitrogen and oxygen atoms in total. The molecular weight excluding hydrogens is 322 g/mol. The molecule has 1 aliphatic heterocycles. The van der Waals surface area contributed by atoms with E-state index in [4.69, 9.17) is 4.74 Å². The van der Waals surface area contributed by atoms with Crippen molar-refractivity contribution < 1.29 is 4.74 Å². The van der Waals surface area contributed by atoms with Crippen LogP contribution >= 0.6 is 0 Å². The van der Waals surface area contributed by atoms with Crippen LogP contribution in [0.5, 0.6) is 5.75 Å². The van der Waals surface area contributed by atoms with Gasteiger partial charge >= 0.3 is 0 Å². The van der Waals surface area contributed by atoms with E-state index in [0.29, 0.717) is 0 Å². The van der Waals surface area contributed by atoms with Crippen LogP contribution in [0.3, 0.4) is 0 Å². The van der Waals surface area contributed by atoms with Gasteiger partial charge in [0.2, 0.25) is 0 Å². The van der Waals surface area contributed by atoms with Gasteiger partial charge in [-0.3, -0.25) is 9.88 Å². The monoisotopic (exact) mass is 347 g/mol. The van der Waals surface area contributed by atoms with Gasteiger partial charge in [0.25, 0.3) is 0 Å². The van der Waals surface area contributed by atoms with Crippen molar-refractivity contribution in [3.8, 4) is 5.75 Å². The molecule has 0 aliphatic carbocycles. The van der Waals surface area contributed by atoms with E-state index in [1.165, 1.54) is 16.6 Å². The summed E-state index contributed by atoms with van der Waals surface area (Å²) in [5, 5.41) is 1.28. The lowest BCUT2D eigenvalue weighted by Crippen LogP contribution is -2.47. The third-order valence-electron chi connectivity index (χ3n) is 5.23. The van der Waals surface area contributed by atoms with Crippen molar-refractivity contribution in [2.75, 3.05) is 44.7 Å². The molecule has 0 radical (unpaired) electrons. The highest BCUT2D eigenvalue weighted by Gasteiger charge is 2.19. The summed E-state index contributed by atoms with van der Waals surface area (Å²) in [4.78, 5) is 9.45. The van der Waals surface area contributed by atoms with Crippen LogP contribution in [0.4, 0.5) is 5.69 Å². The van der Waals surface area contributed by atoms with E-state index in [1.54, 1.807) is 7.11 Å². The molecular formula is C22H25N3O. The third kappa shape index (κ3) is 3.51. The first kappa shape index (κ1) is 16.9. The molecule has 1 aliphatic rings. The zero-order valence-electron chi connectivity index (χ0n) is 15.3. The predicted molar refractivity (Wildman–Crippen MR) is 107 cm³/mol. The molecule has 26 heavy (non-hydrogen) atoms. The first-order chi connectivity index (χ1) is 12.8. The maximum Gasteiger partial charge on any atom is 0.142 e. The van der Waals surface area contributed by atoms with Crippen LogP contribution < -0.4 is 9.64 Å². The molecule has 4 rings (SSSR count). The molecule has 0 saturated carbocycles. The van der Waals surface area contributed by atoms with Crippen LogP contribution in [0.2, 0.25) is 0 Å². The maximum absolute atomic E-state index is 5.51. The second-order valence-corrected chi connectivity index (χ2v) is 6.74. The van der Waals surface area contributed by atoms with Crippen LogP contribution in [-0.2, 0) is 6.42 Å². The molecule has 3 aromatic rings. The summed E-state index contributed by atoms with van der Waals surface area (Å²) in [5.41, 5.74) is 3.68. The number of methoxy groups -OCH3 is 1. The number of anilines is 1. The number of aromatic nitrogens is 1. The Balaban J connectivity index is 1.37. The minimum Gasteiger partial charge on any atom is -0.495 e. The zero-order chi connectivity index (χ0) is 17.8. The summed E-state index contributed by atoms with van der Waals surface area (Å²) in [6, 6.07) is 18.9. The van der Waals surface area contributed by atoms with Gasteiger partial charge in [-0.15, -0.1) is 0 Å². The Morgan fingerprint density at radius 3 is 2.62 bits per heavy atom. The highest BCUT2D eigenvalue weighted by molar-refractivity contribution is 5.81. The first-order valence-corrected chi connectivity index (χ1v) is 9.28. The number of pyridine rings is 1. The Bertz CT molecular complexity index is 867. The molecule has 134 valence electrons. The van der Waals surface area contributed by atoms with Crippen molar-refractivity contribution in [3.05, 3.63) is 66.4 Å². The highest BCUT2D eigenvalue weighted by Crippen LogP contribution is 2.28. The number of rotatable bonds is 5. The summed E-state index contributed by atoms with van der Waals surface area (Å²) in [6.45, 7) is 5.34. The van der Waals surface area contributed by atoms with Gasteiger partial charge < -0.3 is 9.64 Å². The fraction of sp³-hybridized carbons (Fsp3) is 0.318. The van der Waals surface area contributed by atoms with Crippen LogP contribution in [0.25, 0.3) is 10.9 Å². The smallest absolute Gasteiger partial charge is 0.142 e.